The van der Waals surface area contributed by atoms with Gasteiger partial charge in [-0.2, -0.15) is 0 Å². The van der Waals surface area contributed by atoms with Crippen LogP contribution in [0.15, 0.2) is 62.6 Å². The summed E-state index contributed by atoms with van der Waals surface area (Å²) >= 11 is 4.52. The summed E-state index contributed by atoms with van der Waals surface area (Å²) in [6, 6.07) is 14.5. The van der Waals surface area contributed by atoms with Gasteiger partial charge in [0.2, 0.25) is 11.8 Å². The molecule has 7 nitrogen and oxygen atoms in total. The molecule has 1 N–H and O–H groups in total. The monoisotopic (exact) mass is 475 g/mol. The number of hydrogen-bond acceptors (Lipinski definition) is 7. The number of hydrogen-bond donors (Lipinski definition) is 1. The average Bonchev–Trinajstić information content (AvgIpc) is 3.16. The summed E-state index contributed by atoms with van der Waals surface area (Å²) in [6.07, 6.45) is 0.514. The van der Waals surface area contributed by atoms with Crippen LogP contribution in [-0.4, -0.2) is 34.4 Å². The molecule has 0 unspecified atom stereocenters. The van der Waals surface area contributed by atoms with Gasteiger partial charge in [-0.1, -0.05) is 52.0 Å². The number of ether oxygens (including phenoxy) is 1. The maximum atomic E-state index is 12.3. The van der Waals surface area contributed by atoms with Crippen molar-refractivity contribution in [2.24, 2.45) is 0 Å². The summed E-state index contributed by atoms with van der Waals surface area (Å²) in [5.74, 6) is -0.232. The van der Waals surface area contributed by atoms with Gasteiger partial charge in [0.25, 0.3) is 5.22 Å². The molecule has 1 aromatic heterocycles. The molecule has 0 radical (unpaired) electrons. The number of benzene rings is 2. The van der Waals surface area contributed by atoms with Gasteiger partial charge in [-0.15, -0.1) is 10.2 Å². The van der Waals surface area contributed by atoms with E-state index in [9.17, 15) is 9.59 Å². The van der Waals surface area contributed by atoms with E-state index in [1.807, 2.05) is 24.3 Å². The van der Waals surface area contributed by atoms with Crippen molar-refractivity contribution in [2.75, 3.05) is 17.7 Å². The molecular weight excluding hydrogens is 458 g/mol. The maximum Gasteiger partial charge on any atom is 0.340 e. The van der Waals surface area contributed by atoms with Gasteiger partial charge in [0.1, 0.15) is 0 Å². The molecule has 9 heteroatoms. The highest BCUT2D eigenvalue weighted by Gasteiger charge is 2.15. The standard InChI is InChI=1S/C20H18BrN3O4S/c1-2-27-19(26)15-5-3-4-6-16(15)22-17(25)12-29-20-24-23-18(28-20)11-13-7-9-14(21)10-8-13/h3-10H,2,11-12H2,1H3,(H,22,25). The molecular formula is C20H18BrN3O4S. The zero-order valence-electron chi connectivity index (χ0n) is 15.6. The van der Waals surface area contributed by atoms with E-state index in [0.29, 0.717) is 28.8 Å². The van der Waals surface area contributed by atoms with Crippen molar-refractivity contribution in [2.45, 2.75) is 18.6 Å². The molecule has 0 aliphatic heterocycles. The molecule has 0 fully saturated rings. The number of nitrogens with one attached hydrogen (secondary N) is 1. The Morgan fingerprint density at radius 3 is 2.66 bits per heavy atom. The Hall–Kier alpha value is -2.65. The predicted molar refractivity (Wildman–Crippen MR) is 113 cm³/mol. The van der Waals surface area contributed by atoms with Crippen molar-refractivity contribution < 1.29 is 18.7 Å². The minimum Gasteiger partial charge on any atom is -0.462 e. The Bertz CT molecular complexity index is 991. The highest BCUT2D eigenvalue weighted by atomic mass is 79.9. The molecule has 1 heterocycles. The number of amides is 1. The van der Waals surface area contributed by atoms with Crippen LogP contribution >= 0.6 is 27.7 Å². The fourth-order valence-electron chi connectivity index (χ4n) is 2.44. The number of para-hydroxylation sites is 1. The molecule has 3 rings (SSSR count). The van der Waals surface area contributed by atoms with E-state index >= 15 is 0 Å². The Kier molecular flexibility index (Phi) is 7.42. The van der Waals surface area contributed by atoms with Gasteiger partial charge in [-0.05, 0) is 36.8 Å². The van der Waals surface area contributed by atoms with E-state index in [2.05, 4.69) is 31.4 Å². The van der Waals surface area contributed by atoms with E-state index in [4.69, 9.17) is 9.15 Å². The molecule has 2 aromatic carbocycles. The lowest BCUT2D eigenvalue weighted by Crippen LogP contribution is -2.17. The molecule has 3 aromatic rings. The highest BCUT2D eigenvalue weighted by molar-refractivity contribution is 9.10. The summed E-state index contributed by atoms with van der Waals surface area (Å²) in [5.41, 5.74) is 1.75. The zero-order valence-corrected chi connectivity index (χ0v) is 18.0. The molecule has 0 aliphatic rings. The van der Waals surface area contributed by atoms with Crippen LogP contribution in [0.25, 0.3) is 0 Å². The molecule has 0 saturated heterocycles. The van der Waals surface area contributed by atoms with Crippen LogP contribution in [0.2, 0.25) is 0 Å². The minimum absolute atomic E-state index is 0.0665. The first-order valence-corrected chi connectivity index (χ1v) is 10.6. The fraction of sp³-hybridized carbons (Fsp3) is 0.200. The quantitative estimate of drug-likeness (QED) is 0.382. The second-order valence-corrected chi connectivity index (χ2v) is 7.71. The number of halogens is 1. The smallest absolute Gasteiger partial charge is 0.340 e. The van der Waals surface area contributed by atoms with Crippen molar-refractivity contribution in [1.29, 1.82) is 0 Å². The van der Waals surface area contributed by atoms with Crippen molar-refractivity contribution >= 4 is 45.3 Å². The van der Waals surface area contributed by atoms with Crippen LogP contribution in [0, 0.1) is 0 Å². The topological polar surface area (TPSA) is 94.3 Å². The second kappa shape index (κ2) is 10.2. The number of aromatic nitrogens is 2. The van der Waals surface area contributed by atoms with Crippen molar-refractivity contribution in [1.82, 2.24) is 10.2 Å². The SMILES string of the molecule is CCOC(=O)c1ccccc1NC(=O)CSc1nnc(Cc2ccc(Br)cc2)o1. The zero-order chi connectivity index (χ0) is 20.6. The van der Waals surface area contributed by atoms with Crippen LogP contribution in [0.3, 0.4) is 0 Å². The van der Waals surface area contributed by atoms with Gasteiger partial charge in [-0.25, -0.2) is 4.79 Å². The van der Waals surface area contributed by atoms with E-state index in [1.165, 1.54) is 0 Å². The number of nitrogens with zero attached hydrogens (tertiary/aromatic N) is 2. The second-order valence-electron chi connectivity index (χ2n) is 5.87. The third-order valence-electron chi connectivity index (χ3n) is 3.74. The van der Waals surface area contributed by atoms with Gasteiger partial charge < -0.3 is 14.5 Å². The molecule has 0 spiro atoms. The number of carbonyl (C=O) groups excluding carboxylic acids is 2. The summed E-state index contributed by atoms with van der Waals surface area (Å²) in [7, 11) is 0. The molecule has 0 atom stereocenters. The van der Waals surface area contributed by atoms with Gasteiger partial charge in [0.05, 0.1) is 30.0 Å². The van der Waals surface area contributed by atoms with Crippen LogP contribution in [0.5, 0.6) is 0 Å². The number of anilines is 1. The van der Waals surface area contributed by atoms with Crippen molar-refractivity contribution in [3.05, 3.63) is 70.0 Å². The Morgan fingerprint density at radius 1 is 1.14 bits per heavy atom. The molecule has 0 saturated carbocycles. The Morgan fingerprint density at radius 2 is 1.90 bits per heavy atom. The predicted octanol–water partition coefficient (Wildman–Crippen LogP) is 4.33. The molecule has 0 bridgehead atoms. The Labute approximate surface area is 180 Å². The van der Waals surface area contributed by atoms with Gasteiger partial charge in [-0.3, -0.25) is 4.79 Å². The third-order valence-corrected chi connectivity index (χ3v) is 5.09. The first-order chi connectivity index (χ1) is 14.0. The number of thioether (sulfide) groups is 1. The number of carbonyl (C=O) groups is 2. The largest absolute Gasteiger partial charge is 0.462 e. The van der Waals surface area contributed by atoms with Crippen LogP contribution in [0.1, 0.15) is 28.7 Å². The van der Waals surface area contributed by atoms with Crippen LogP contribution in [-0.2, 0) is 16.0 Å². The molecule has 0 aliphatic carbocycles. The fourth-order valence-corrected chi connectivity index (χ4v) is 3.28. The van der Waals surface area contributed by atoms with Gasteiger partial charge in [0.15, 0.2) is 0 Å². The van der Waals surface area contributed by atoms with Gasteiger partial charge >= 0.3 is 5.97 Å². The van der Waals surface area contributed by atoms with E-state index in [0.717, 1.165) is 21.8 Å². The van der Waals surface area contributed by atoms with Crippen molar-refractivity contribution in [3.8, 4) is 0 Å². The lowest BCUT2D eigenvalue weighted by Gasteiger charge is -2.09. The lowest BCUT2D eigenvalue weighted by atomic mass is 10.2. The summed E-state index contributed by atoms with van der Waals surface area (Å²) in [4.78, 5) is 24.3. The minimum atomic E-state index is -0.481. The van der Waals surface area contributed by atoms with Gasteiger partial charge in [0, 0.05) is 4.47 Å². The number of esters is 1. The highest BCUT2D eigenvalue weighted by Crippen LogP contribution is 2.20. The van der Waals surface area contributed by atoms with E-state index < -0.39 is 5.97 Å². The summed E-state index contributed by atoms with van der Waals surface area (Å²) in [6.45, 7) is 1.99. The van der Waals surface area contributed by atoms with Crippen molar-refractivity contribution in [3.63, 3.8) is 0 Å². The van der Waals surface area contributed by atoms with E-state index in [-0.39, 0.29) is 18.3 Å². The first-order valence-electron chi connectivity index (χ1n) is 8.80. The lowest BCUT2D eigenvalue weighted by molar-refractivity contribution is -0.113. The summed E-state index contributed by atoms with van der Waals surface area (Å²) in [5, 5.41) is 11.0. The average molecular weight is 476 g/mol. The maximum absolute atomic E-state index is 12.3. The van der Waals surface area contributed by atoms with Crippen LogP contribution < -0.4 is 5.32 Å². The van der Waals surface area contributed by atoms with Crippen LogP contribution in [0.4, 0.5) is 5.69 Å². The normalized spacial score (nSPS) is 10.6. The Balaban J connectivity index is 1.54. The number of rotatable bonds is 8. The van der Waals surface area contributed by atoms with E-state index in [1.54, 1.807) is 31.2 Å². The molecule has 1 amide bonds. The summed E-state index contributed by atoms with van der Waals surface area (Å²) < 4.78 is 11.6. The first kappa shape index (κ1) is 21.1. The molecule has 29 heavy (non-hydrogen) atoms. The molecule has 150 valence electrons. The third kappa shape index (κ3) is 6.16.